The second-order valence-corrected chi connectivity index (χ2v) is 7.48. The molecular formula is C16H22Br2N2. The Bertz CT molecular complexity index is 478. The largest absolute Gasteiger partial charge is 0.365 e. The molecule has 0 saturated carbocycles. The smallest absolute Gasteiger partial charge is 0.0514 e. The molecule has 2 nitrogen and oxygen atoms in total. The number of alkyl halides is 1. The van der Waals surface area contributed by atoms with Gasteiger partial charge in [0.1, 0.15) is 0 Å². The first-order valence-electron chi connectivity index (χ1n) is 7.54. The van der Waals surface area contributed by atoms with Crippen molar-refractivity contribution in [1.29, 1.82) is 0 Å². The maximum absolute atomic E-state index is 3.76. The van der Waals surface area contributed by atoms with Crippen LogP contribution in [0.3, 0.4) is 0 Å². The molecule has 2 fully saturated rings. The lowest BCUT2D eigenvalue weighted by Crippen LogP contribution is -2.58. The average molecular weight is 402 g/mol. The van der Waals surface area contributed by atoms with E-state index in [0.29, 0.717) is 6.04 Å². The Morgan fingerprint density at radius 3 is 2.85 bits per heavy atom. The fourth-order valence-corrected chi connectivity index (χ4v) is 4.56. The zero-order chi connectivity index (χ0) is 14.1. The van der Waals surface area contributed by atoms with E-state index in [1.165, 1.54) is 54.6 Å². The first-order chi connectivity index (χ1) is 9.69. The van der Waals surface area contributed by atoms with E-state index in [4.69, 9.17) is 0 Å². The molecular weight excluding hydrogens is 380 g/mol. The normalized spacial score (nSPS) is 27.4. The number of hydrogen-bond acceptors (Lipinski definition) is 2. The van der Waals surface area contributed by atoms with Gasteiger partial charge in [-0.05, 0) is 59.9 Å². The standard InChI is InChI=1S/C16H22Br2N2/c1-12-10-19-7-3-2-4-14(19)11-20(12)16-6-5-13(9-17)8-15(16)18/h5-6,8,12,14H,2-4,7,9-11H2,1H3. The lowest BCUT2D eigenvalue weighted by atomic mass is 9.96. The second-order valence-electron chi connectivity index (χ2n) is 6.07. The predicted molar refractivity (Wildman–Crippen MR) is 92.8 cm³/mol. The number of rotatable bonds is 2. The Morgan fingerprint density at radius 2 is 2.10 bits per heavy atom. The van der Waals surface area contributed by atoms with Gasteiger partial charge in [0.25, 0.3) is 0 Å². The number of halogens is 2. The molecule has 2 aliphatic heterocycles. The molecule has 2 heterocycles. The van der Waals surface area contributed by atoms with Crippen LogP contribution in [-0.2, 0) is 5.33 Å². The minimum absolute atomic E-state index is 0.593. The Labute approximate surface area is 138 Å². The summed E-state index contributed by atoms with van der Waals surface area (Å²) >= 11 is 7.29. The summed E-state index contributed by atoms with van der Waals surface area (Å²) < 4.78 is 1.23. The van der Waals surface area contributed by atoms with Gasteiger partial charge in [0.15, 0.2) is 0 Å². The molecule has 0 aromatic heterocycles. The number of piperidine rings is 1. The molecule has 2 saturated heterocycles. The number of piperazine rings is 1. The van der Waals surface area contributed by atoms with Gasteiger partial charge in [-0.2, -0.15) is 0 Å². The van der Waals surface area contributed by atoms with Gasteiger partial charge in [-0.15, -0.1) is 0 Å². The highest BCUT2D eigenvalue weighted by Crippen LogP contribution is 2.33. The first kappa shape index (κ1) is 14.9. The summed E-state index contributed by atoms with van der Waals surface area (Å²) in [6.45, 7) is 6.03. The van der Waals surface area contributed by atoms with Crippen molar-refractivity contribution in [1.82, 2.24) is 4.90 Å². The zero-order valence-electron chi connectivity index (χ0n) is 12.0. The average Bonchev–Trinajstić information content (AvgIpc) is 2.46. The van der Waals surface area contributed by atoms with E-state index < -0.39 is 0 Å². The quantitative estimate of drug-likeness (QED) is 0.677. The van der Waals surface area contributed by atoms with Gasteiger partial charge >= 0.3 is 0 Å². The lowest BCUT2D eigenvalue weighted by molar-refractivity contribution is 0.115. The van der Waals surface area contributed by atoms with E-state index in [1.807, 2.05) is 0 Å². The van der Waals surface area contributed by atoms with Crippen LogP contribution in [0.5, 0.6) is 0 Å². The first-order valence-corrected chi connectivity index (χ1v) is 9.45. The number of fused-ring (bicyclic) bond motifs is 1. The van der Waals surface area contributed by atoms with Crippen LogP contribution in [0.1, 0.15) is 31.7 Å². The van der Waals surface area contributed by atoms with Crippen LogP contribution in [0, 0.1) is 0 Å². The predicted octanol–water partition coefficient (Wildman–Crippen LogP) is 4.41. The SMILES string of the molecule is CC1CN2CCCCC2CN1c1ccc(CBr)cc1Br. The molecule has 1 aromatic carbocycles. The maximum atomic E-state index is 3.76. The molecule has 0 spiro atoms. The van der Waals surface area contributed by atoms with E-state index in [9.17, 15) is 0 Å². The van der Waals surface area contributed by atoms with Gasteiger partial charge in [0.2, 0.25) is 0 Å². The van der Waals surface area contributed by atoms with Crippen molar-refractivity contribution in [3.8, 4) is 0 Å². The summed E-state index contributed by atoms with van der Waals surface area (Å²) in [7, 11) is 0. The lowest BCUT2D eigenvalue weighted by Gasteiger charge is -2.48. The molecule has 0 aliphatic carbocycles. The maximum Gasteiger partial charge on any atom is 0.0514 e. The number of anilines is 1. The zero-order valence-corrected chi connectivity index (χ0v) is 15.2. The fraction of sp³-hybridized carbons (Fsp3) is 0.625. The number of nitrogens with zero attached hydrogens (tertiary/aromatic N) is 2. The van der Waals surface area contributed by atoms with Crippen LogP contribution < -0.4 is 4.90 Å². The molecule has 2 aliphatic rings. The molecule has 2 unspecified atom stereocenters. The van der Waals surface area contributed by atoms with E-state index >= 15 is 0 Å². The van der Waals surface area contributed by atoms with Crippen molar-refractivity contribution in [3.05, 3.63) is 28.2 Å². The molecule has 0 radical (unpaired) electrons. The van der Waals surface area contributed by atoms with Gasteiger partial charge in [-0.1, -0.05) is 28.4 Å². The molecule has 2 atom stereocenters. The monoisotopic (exact) mass is 400 g/mol. The van der Waals surface area contributed by atoms with E-state index in [2.05, 4.69) is 66.8 Å². The van der Waals surface area contributed by atoms with Crippen LogP contribution in [0.4, 0.5) is 5.69 Å². The fourth-order valence-electron chi connectivity index (χ4n) is 3.55. The van der Waals surface area contributed by atoms with E-state index in [0.717, 1.165) is 11.4 Å². The third-order valence-electron chi connectivity index (χ3n) is 4.66. The molecule has 1 aromatic rings. The highest BCUT2D eigenvalue weighted by molar-refractivity contribution is 9.10. The van der Waals surface area contributed by atoms with Gasteiger partial charge in [-0.25, -0.2) is 0 Å². The summed E-state index contributed by atoms with van der Waals surface area (Å²) in [6.07, 6.45) is 4.14. The molecule has 0 bridgehead atoms. The highest BCUT2D eigenvalue weighted by Gasteiger charge is 2.33. The summed E-state index contributed by atoms with van der Waals surface area (Å²) in [5.74, 6) is 0. The topological polar surface area (TPSA) is 6.48 Å². The van der Waals surface area contributed by atoms with Gasteiger partial charge < -0.3 is 4.90 Å². The minimum atomic E-state index is 0.593. The Balaban J connectivity index is 1.82. The Morgan fingerprint density at radius 1 is 1.25 bits per heavy atom. The minimum Gasteiger partial charge on any atom is -0.365 e. The third kappa shape index (κ3) is 2.93. The third-order valence-corrected chi connectivity index (χ3v) is 5.95. The van der Waals surface area contributed by atoms with Crippen LogP contribution in [0.15, 0.2) is 22.7 Å². The van der Waals surface area contributed by atoms with Crippen molar-refractivity contribution >= 4 is 37.5 Å². The number of benzene rings is 1. The van der Waals surface area contributed by atoms with Crippen molar-refractivity contribution in [2.24, 2.45) is 0 Å². The summed E-state index contributed by atoms with van der Waals surface area (Å²) in [6, 6.07) is 8.09. The molecule has 110 valence electrons. The van der Waals surface area contributed by atoms with Gasteiger partial charge in [0.05, 0.1) is 5.69 Å². The van der Waals surface area contributed by atoms with Crippen LogP contribution in [0.25, 0.3) is 0 Å². The van der Waals surface area contributed by atoms with Crippen molar-refractivity contribution < 1.29 is 0 Å². The van der Waals surface area contributed by atoms with Gasteiger partial charge in [-0.3, -0.25) is 4.90 Å². The van der Waals surface area contributed by atoms with Crippen LogP contribution in [-0.4, -0.2) is 36.6 Å². The second kappa shape index (κ2) is 6.37. The molecule has 20 heavy (non-hydrogen) atoms. The molecule has 4 heteroatoms. The highest BCUT2D eigenvalue weighted by atomic mass is 79.9. The van der Waals surface area contributed by atoms with Crippen molar-refractivity contribution in [2.75, 3.05) is 24.5 Å². The molecule has 0 amide bonds. The van der Waals surface area contributed by atoms with Crippen LogP contribution in [0.2, 0.25) is 0 Å². The van der Waals surface area contributed by atoms with E-state index in [-0.39, 0.29) is 0 Å². The number of hydrogen-bond donors (Lipinski definition) is 0. The van der Waals surface area contributed by atoms with Gasteiger partial charge in [0, 0.05) is 35.0 Å². The van der Waals surface area contributed by atoms with Crippen molar-refractivity contribution in [3.63, 3.8) is 0 Å². The van der Waals surface area contributed by atoms with E-state index in [1.54, 1.807) is 0 Å². The Hall–Kier alpha value is -0.0600. The molecule has 3 rings (SSSR count). The van der Waals surface area contributed by atoms with Crippen LogP contribution >= 0.6 is 31.9 Å². The summed E-state index contributed by atoms with van der Waals surface area (Å²) in [5, 5.41) is 0.915. The summed E-state index contributed by atoms with van der Waals surface area (Å²) in [5.41, 5.74) is 2.68. The van der Waals surface area contributed by atoms with Crippen molar-refractivity contribution in [2.45, 2.75) is 43.6 Å². The molecule has 0 N–H and O–H groups in total. The Kier molecular flexibility index (Phi) is 4.73. The summed E-state index contributed by atoms with van der Waals surface area (Å²) in [4.78, 5) is 5.29.